The fraction of sp³-hybridized carbons (Fsp3) is 0.143. The lowest BCUT2D eigenvalue weighted by Crippen LogP contribution is -1.92. The van der Waals surface area contributed by atoms with Crippen LogP contribution in [0.2, 0.25) is 0 Å². The van der Waals surface area contributed by atoms with Gasteiger partial charge in [0.05, 0.1) is 12.0 Å². The number of fused-ring (bicyclic) bond motifs is 1. The number of nitro groups is 1. The highest BCUT2D eigenvalue weighted by atomic mass is 16.6. The molecule has 4 heteroatoms. The summed E-state index contributed by atoms with van der Waals surface area (Å²) < 4.78 is 5.16. The van der Waals surface area contributed by atoms with E-state index in [1.165, 1.54) is 6.92 Å². The van der Waals surface area contributed by atoms with E-state index in [1.54, 1.807) is 13.2 Å². The van der Waals surface area contributed by atoms with Gasteiger partial charge in [-0.1, -0.05) is 18.2 Å². The Morgan fingerprint density at radius 1 is 1.22 bits per heavy atom. The molecule has 0 bridgehead atoms. The highest BCUT2D eigenvalue weighted by Crippen LogP contribution is 2.22. The molecule has 2 rings (SSSR count). The Morgan fingerprint density at radius 3 is 2.61 bits per heavy atom. The van der Waals surface area contributed by atoms with Crippen molar-refractivity contribution in [3.63, 3.8) is 0 Å². The van der Waals surface area contributed by atoms with Gasteiger partial charge in [0, 0.05) is 13.0 Å². The van der Waals surface area contributed by atoms with Crippen LogP contribution in [0.4, 0.5) is 0 Å². The van der Waals surface area contributed by atoms with Crippen LogP contribution in [-0.2, 0) is 0 Å². The van der Waals surface area contributed by atoms with E-state index >= 15 is 0 Å². The van der Waals surface area contributed by atoms with Crippen LogP contribution in [0.5, 0.6) is 5.75 Å². The molecule has 0 atom stereocenters. The summed E-state index contributed by atoms with van der Waals surface area (Å²) in [5.41, 5.74) is 0.933. The van der Waals surface area contributed by atoms with E-state index in [2.05, 4.69) is 0 Å². The Kier molecular flexibility index (Phi) is 3.28. The zero-order valence-corrected chi connectivity index (χ0v) is 10.2. The average molecular weight is 243 g/mol. The quantitative estimate of drug-likeness (QED) is 0.612. The van der Waals surface area contributed by atoms with Crippen molar-refractivity contribution in [2.45, 2.75) is 6.92 Å². The van der Waals surface area contributed by atoms with Crippen LogP contribution in [0, 0.1) is 10.1 Å². The number of benzene rings is 2. The van der Waals surface area contributed by atoms with Crippen molar-refractivity contribution >= 4 is 16.8 Å². The molecule has 0 unspecified atom stereocenters. The molecule has 0 spiro atoms. The number of methoxy groups -OCH3 is 1. The van der Waals surface area contributed by atoms with E-state index in [0.29, 0.717) is 0 Å². The van der Waals surface area contributed by atoms with Crippen molar-refractivity contribution in [1.29, 1.82) is 0 Å². The number of hydrogen-bond donors (Lipinski definition) is 0. The summed E-state index contributed by atoms with van der Waals surface area (Å²) in [7, 11) is 1.61. The lowest BCUT2D eigenvalue weighted by atomic mass is 10.1. The van der Waals surface area contributed by atoms with Crippen molar-refractivity contribution in [1.82, 2.24) is 0 Å². The molecule has 2 aromatic carbocycles. The molecule has 18 heavy (non-hydrogen) atoms. The molecule has 0 aliphatic heterocycles. The standard InChI is InChI=1S/C14H13NO3/c1-10(15(16)17)7-11-3-4-12-5-6-14(18-2)9-13(12)8-11/h3-9H,1-2H3. The number of hydrogen-bond acceptors (Lipinski definition) is 3. The van der Waals surface area contributed by atoms with Gasteiger partial charge < -0.3 is 4.74 Å². The largest absolute Gasteiger partial charge is 0.497 e. The fourth-order valence-corrected chi connectivity index (χ4v) is 1.75. The predicted octanol–water partition coefficient (Wildman–Crippen LogP) is 3.49. The summed E-state index contributed by atoms with van der Waals surface area (Å²) in [4.78, 5) is 10.2. The van der Waals surface area contributed by atoms with Crippen LogP contribution in [0.25, 0.3) is 16.8 Å². The summed E-state index contributed by atoms with van der Waals surface area (Å²) in [6.45, 7) is 1.48. The van der Waals surface area contributed by atoms with Gasteiger partial charge in [0.25, 0.3) is 0 Å². The lowest BCUT2D eigenvalue weighted by Gasteiger charge is -2.03. The van der Waals surface area contributed by atoms with Gasteiger partial charge in [-0.05, 0) is 34.5 Å². The van der Waals surface area contributed by atoms with Crippen LogP contribution in [0.1, 0.15) is 12.5 Å². The molecule has 0 radical (unpaired) electrons. The van der Waals surface area contributed by atoms with E-state index in [0.717, 1.165) is 22.1 Å². The summed E-state index contributed by atoms with van der Waals surface area (Å²) in [6, 6.07) is 11.5. The topological polar surface area (TPSA) is 52.4 Å². The fourth-order valence-electron chi connectivity index (χ4n) is 1.75. The molecule has 0 heterocycles. The maximum absolute atomic E-state index is 10.6. The summed E-state index contributed by atoms with van der Waals surface area (Å²) in [5, 5.41) is 12.7. The Bertz CT molecular complexity index is 632. The molecule has 2 aromatic rings. The lowest BCUT2D eigenvalue weighted by molar-refractivity contribution is -0.422. The van der Waals surface area contributed by atoms with Crippen molar-refractivity contribution < 1.29 is 9.66 Å². The first-order valence-corrected chi connectivity index (χ1v) is 5.50. The summed E-state index contributed by atoms with van der Waals surface area (Å²) >= 11 is 0. The predicted molar refractivity (Wildman–Crippen MR) is 71.1 cm³/mol. The number of nitrogens with zero attached hydrogens (tertiary/aromatic N) is 1. The third-order valence-electron chi connectivity index (χ3n) is 2.74. The van der Waals surface area contributed by atoms with E-state index in [4.69, 9.17) is 4.74 Å². The molecular weight excluding hydrogens is 230 g/mol. The van der Waals surface area contributed by atoms with Gasteiger partial charge in [-0.25, -0.2) is 0 Å². The van der Waals surface area contributed by atoms with Crippen molar-refractivity contribution in [2.75, 3.05) is 7.11 Å². The molecule has 0 fully saturated rings. The van der Waals surface area contributed by atoms with E-state index in [-0.39, 0.29) is 5.70 Å². The van der Waals surface area contributed by atoms with Crippen LogP contribution in [-0.4, -0.2) is 12.0 Å². The maximum Gasteiger partial charge on any atom is 0.243 e. The minimum absolute atomic E-state index is 0.122. The first-order chi connectivity index (χ1) is 8.60. The molecule has 0 saturated heterocycles. The zero-order valence-electron chi connectivity index (χ0n) is 10.2. The number of allylic oxidation sites excluding steroid dienone is 1. The Balaban J connectivity index is 2.49. The summed E-state index contributed by atoms with van der Waals surface area (Å²) in [5.74, 6) is 0.773. The SMILES string of the molecule is COc1ccc2ccc(C=C(C)[N+](=O)[O-])cc2c1. The second-order valence-corrected chi connectivity index (χ2v) is 4.02. The zero-order chi connectivity index (χ0) is 13.1. The monoisotopic (exact) mass is 243 g/mol. The highest BCUT2D eigenvalue weighted by Gasteiger charge is 2.03. The maximum atomic E-state index is 10.6. The van der Waals surface area contributed by atoms with Crippen molar-refractivity contribution in [2.24, 2.45) is 0 Å². The van der Waals surface area contributed by atoms with Gasteiger partial charge in [-0.15, -0.1) is 0 Å². The normalized spacial score (nSPS) is 11.6. The van der Waals surface area contributed by atoms with E-state index in [1.807, 2.05) is 36.4 Å². The minimum Gasteiger partial charge on any atom is -0.497 e. The summed E-state index contributed by atoms with van der Waals surface area (Å²) in [6.07, 6.45) is 1.55. The number of ether oxygens (including phenoxy) is 1. The van der Waals surface area contributed by atoms with Crippen LogP contribution in [0.3, 0.4) is 0 Å². The molecule has 0 saturated carbocycles. The Labute approximate surface area is 105 Å². The molecule has 4 nitrogen and oxygen atoms in total. The first-order valence-electron chi connectivity index (χ1n) is 5.50. The average Bonchev–Trinajstić information content (AvgIpc) is 2.37. The molecule has 0 N–H and O–H groups in total. The molecule has 0 aliphatic rings. The Hall–Kier alpha value is -2.36. The van der Waals surface area contributed by atoms with Crippen LogP contribution in [0.15, 0.2) is 42.1 Å². The molecule has 0 amide bonds. The van der Waals surface area contributed by atoms with Gasteiger partial charge in [0.15, 0.2) is 0 Å². The van der Waals surface area contributed by atoms with Gasteiger partial charge in [-0.3, -0.25) is 10.1 Å². The van der Waals surface area contributed by atoms with Crippen molar-refractivity contribution in [3.8, 4) is 5.75 Å². The number of rotatable bonds is 3. The third kappa shape index (κ3) is 2.48. The minimum atomic E-state index is -0.393. The third-order valence-corrected chi connectivity index (χ3v) is 2.74. The van der Waals surface area contributed by atoms with Gasteiger partial charge in [0.2, 0.25) is 5.70 Å². The van der Waals surface area contributed by atoms with Gasteiger partial charge in [0.1, 0.15) is 5.75 Å². The van der Waals surface area contributed by atoms with Crippen molar-refractivity contribution in [3.05, 3.63) is 57.8 Å². The molecule has 0 aromatic heterocycles. The van der Waals surface area contributed by atoms with E-state index in [9.17, 15) is 10.1 Å². The second-order valence-electron chi connectivity index (χ2n) is 4.02. The van der Waals surface area contributed by atoms with Gasteiger partial charge in [-0.2, -0.15) is 0 Å². The molecule has 0 aliphatic carbocycles. The van der Waals surface area contributed by atoms with E-state index < -0.39 is 4.92 Å². The molecular formula is C14H13NO3. The Morgan fingerprint density at radius 2 is 1.94 bits per heavy atom. The molecule has 92 valence electrons. The van der Waals surface area contributed by atoms with Gasteiger partial charge >= 0.3 is 0 Å². The first kappa shape index (κ1) is 12.1. The highest BCUT2D eigenvalue weighted by molar-refractivity contribution is 5.86. The smallest absolute Gasteiger partial charge is 0.243 e. The second kappa shape index (κ2) is 4.87. The van der Waals surface area contributed by atoms with Crippen LogP contribution >= 0.6 is 0 Å². The van der Waals surface area contributed by atoms with Crippen LogP contribution < -0.4 is 4.74 Å².